The molecule has 1 amide bonds. The summed E-state index contributed by atoms with van der Waals surface area (Å²) in [4.78, 5) is 42.2. The lowest BCUT2D eigenvalue weighted by atomic mass is 9.98. The summed E-state index contributed by atoms with van der Waals surface area (Å²) < 4.78 is 16.4. The molecule has 3 aromatic rings. The minimum Gasteiger partial charge on any atom is -0.478 e. The van der Waals surface area contributed by atoms with E-state index >= 15 is 0 Å². The van der Waals surface area contributed by atoms with Gasteiger partial charge in [-0.3, -0.25) is 4.90 Å². The Labute approximate surface area is 207 Å². The average molecular weight is 488 g/mol. The van der Waals surface area contributed by atoms with Crippen LogP contribution in [0.5, 0.6) is 5.88 Å². The second-order valence-electron chi connectivity index (χ2n) is 8.66. The van der Waals surface area contributed by atoms with Gasteiger partial charge in [0, 0.05) is 24.6 Å². The van der Waals surface area contributed by atoms with Crippen LogP contribution in [0.1, 0.15) is 33.8 Å². The number of likely N-dealkylation sites (tertiary alicyclic amines) is 1. The van der Waals surface area contributed by atoms with E-state index in [1.165, 1.54) is 30.3 Å². The van der Waals surface area contributed by atoms with Crippen molar-refractivity contribution in [3.8, 4) is 17.0 Å². The van der Waals surface area contributed by atoms with E-state index in [1.807, 2.05) is 36.4 Å². The number of carboxylic acids is 1. The van der Waals surface area contributed by atoms with Crippen molar-refractivity contribution in [2.45, 2.75) is 24.5 Å². The van der Waals surface area contributed by atoms with Gasteiger partial charge in [-0.05, 0) is 28.3 Å². The molecular formula is C27H24N2O7. The van der Waals surface area contributed by atoms with Crippen molar-refractivity contribution in [2.24, 2.45) is 0 Å². The van der Waals surface area contributed by atoms with Gasteiger partial charge >= 0.3 is 18.0 Å². The molecule has 1 aliphatic heterocycles. The molecular weight excluding hydrogens is 464 g/mol. The summed E-state index contributed by atoms with van der Waals surface area (Å²) in [5.41, 5.74) is 4.43. The summed E-state index contributed by atoms with van der Waals surface area (Å²) in [5.74, 6) is -1.71. The lowest BCUT2D eigenvalue weighted by molar-refractivity contribution is -0.145. The number of amides is 1. The number of methoxy groups -OCH3 is 1. The van der Waals surface area contributed by atoms with Crippen molar-refractivity contribution in [1.82, 2.24) is 9.88 Å². The van der Waals surface area contributed by atoms with Crippen molar-refractivity contribution < 1.29 is 33.7 Å². The highest BCUT2D eigenvalue weighted by Gasteiger charge is 2.43. The Bertz CT molecular complexity index is 1280. The van der Waals surface area contributed by atoms with Crippen LogP contribution in [0.2, 0.25) is 0 Å². The van der Waals surface area contributed by atoms with Crippen LogP contribution in [-0.2, 0) is 14.3 Å². The molecule has 184 valence electrons. The van der Waals surface area contributed by atoms with Gasteiger partial charge in [0.1, 0.15) is 18.8 Å². The normalized spacial score (nSPS) is 18.3. The number of carboxylic acid groups (broad SMARTS) is 1. The number of ether oxygens (including phenoxy) is 3. The third-order valence-corrected chi connectivity index (χ3v) is 6.58. The molecule has 9 nitrogen and oxygen atoms in total. The fourth-order valence-corrected chi connectivity index (χ4v) is 4.90. The van der Waals surface area contributed by atoms with Gasteiger partial charge in [-0.2, -0.15) is 0 Å². The van der Waals surface area contributed by atoms with Crippen LogP contribution in [0.25, 0.3) is 11.1 Å². The number of carbonyl (C=O) groups excluding carboxylic acids is 2. The van der Waals surface area contributed by atoms with E-state index < -0.39 is 30.2 Å². The average Bonchev–Trinajstić information content (AvgIpc) is 3.46. The fraction of sp³-hybridized carbons (Fsp3) is 0.259. The number of aromatic nitrogens is 1. The van der Waals surface area contributed by atoms with Crippen molar-refractivity contribution in [3.05, 3.63) is 83.6 Å². The molecule has 9 heteroatoms. The van der Waals surface area contributed by atoms with Crippen LogP contribution >= 0.6 is 0 Å². The summed E-state index contributed by atoms with van der Waals surface area (Å²) in [6.45, 7) is 0.181. The Morgan fingerprint density at radius 2 is 1.69 bits per heavy atom. The maximum atomic E-state index is 13.1. The van der Waals surface area contributed by atoms with Gasteiger partial charge in [-0.1, -0.05) is 48.5 Å². The lowest BCUT2D eigenvalue weighted by Crippen LogP contribution is -2.42. The molecule has 2 aliphatic rings. The topological polar surface area (TPSA) is 115 Å². The minimum atomic E-state index is -1.11. The fourth-order valence-electron chi connectivity index (χ4n) is 4.90. The molecule has 1 saturated heterocycles. The standard InChI is InChI=1S/C27H24N2O7/c1-34-26(32)23-13-17(36-24-12-16(25(30)31)10-11-28-24)14-29(23)27(33)35-15-22-20-8-4-2-6-18(20)19-7-3-5-9-21(19)22/h2-12,17,22-23H,13-15H2,1H3,(H,30,31)/t17-,23-/m0/s1. The van der Waals surface area contributed by atoms with Gasteiger partial charge < -0.3 is 19.3 Å². The number of hydrogen-bond donors (Lipinski definition) is 1. The molecule has 1 aromatic heterocycles. The molecule has 1 aliphatic carbocycles. The highest BCUT2D eigenvalue weighted by Crippen LogP contribution is 2.44. The summed E-state index contributed by atoms with van der Waals surface area (Å²) in [7, 11) is 1.25. The molecule has 0 spiro atoms. The highest BCUT2D eigenvalue weighted by molar-refractivity contribution is 5.87. The number of benzene rings is 2. The van der Waals surface area contributed by atoms with E-state index in [-0.39, 0.29) is 36.9 Å². The Morgan fingerprint density at radius 3 is 2.33 bits per heavy atom. The van der Waals surface area contributed by atoms with Crippen molar-refractivity contribution in [2.75, 3.05) is 20.3 Å². The van der Waals surface area contributed by atoms with Crippen LogP contribution in [0.15, 0.2) is 66.9 Å². The van der Waals surface area contributed by atoms with Crippen molar-refractivity contribution >= 4 is 18.0 Å². The van der Waals surface area contributed by atoms with Crippen LogP contribution in [-0.4, -0.2) is 65.4 Å². The van der Waals surface area contributed by atoms with E-state index in [9.17, 15) is 19.5 Å². The number of esters is 1. The first-order valence-corrected chi connectivity index (χ1v) is 11.5. The van der Waals surface area contributed by atoms with Crippen molar-refractivity contribution in [3.63, 3.8) is 0 Å². The van der Waals surface area contributed by atoms with Crippen LogP contribution in [0.3, 0.4) is 0 Å². The molecule has 1 fully saturated rings. The Hall–Kier alpha value is -4.40. The number of aromatic carboxylic acids is 1. The van der Waals surface area contributed by atoms with E-state index in [4.69, 9.17) is 14.2 Å². The predicted octanol–water partition coefficient (Wildman–Crippen LogP) is 3.72. The number of hydrogen-bond acceptors (Lipinski definition) is 7. The molecule has 2 atom stereocenters. The Morgan fingerprint density at radius 1 is 1.03 bits per heavy atom. The first-order chi connectivity index (χ1) is 17.5. The van der Waals surface area contributed by atoms with Gasteiger partial charge in [0.2, 0.25) is 5.88 Å². The summed E-state index contributed by atoms with van der Waals surface area (Å²) in [6, 6.07) is 17.8. The van der Waals surface area contributed by atoms with E-state index in [0.29, 0.717) is 0 Å². The largest absolute Gasteiger partial charge is 0.478 e. The molecule has 0 bridgehead atoms. The second-order valence-corrected chi connectivity index (χ2v) is 8.66. The molecule has 36 heavy (non-hydrogen) atoms. The quantitative estimate of drug-likeness (QED) is 0.522. The number of pyridine rings is 1. The second kappa shape index (κ2) is 9.69. The van der Waals surface area contributed by atoms with E-state index in [2.05, 4.69) is 17.1 Å². The predicted molar refractivity (Wildman–Crippen MR) is 128 cm³/mol. The van der Waals surface area contributed by atoms with Gasteiger partial charge in [0.05, 0.1) is 19.2 Å². The number of rotatable bonds is 6. The van der Waals surface area contributed by atoms with Crippen LogP contribution in [0.4, 0.5) is 4.79 Å². The number of carbonyl (C=O) groups is 3. The van der Waals surface area contributed by atoms with Gasteiger partial charge in [-0.25, -0.2) is 19.4 Å². The molecule has 1 N–H and O–H groups in total. The van der Waals surface area contributed by atoms with E-state index in [0.717, 1.165) is 22.3 Å². The first kappa shape index (κ1) is 23.3. The summed E-state index contributed by atoms with van der Waals surface area (Å²) in [5, 5.41) is 9.19. The SMILES string of the molecule is COC(=O)[C@@H]1C[C@H](Oc2cc(C(=O)O)ccn2)CN1C(=O)OCC1c2ccccc2-c2ccccc21. The van der Waals surface area contributed by atoms with Gasteiger partial charge in [0.15, 0.2) is 0 Å². The minimum absolute atomic E-state index is 0.0240. The lowest BCUT2D eigenvalue weighted by Gasteiger charge is -2.23. The molecule has 2 heterocycles. The maximum absolute atomic E-state index is 13.1. The monoisotopic (exact) mass is 488 g/mol. The molecule has 0 unspecified atom stereocenters. The van der Waals surface area contributed by atoms with Crippen molar-refractivity contribution in [1.29, 1.82) is 0 Å². The molecule has 0 radical (unpaired) electrons. The Kier molecular flexibility index (Phi) is 6.28. The summed E-state index contributed by atoms with van der Waals surface area (Å²) >= 11 is 0. The summed E-state index contributed by atoms with van der Waals surface area (Å²) in [6.07, 6.45) is 0.252. The Balaban J connectivity index is 1.30. The third kappa shape index (κ3) is 4.35. The van der Waals surface area contributed by atoms with Crippen LogP contribution in [0, 0.1) is 0 Å². The molecule has 2 aromatic carbocycles. The molecule has 5 rings (SSSR count). The zero-order valence-corrected chi connectivity index (χ0v) is 19.5. The zero-order valence-electron chi connectivity index (χ0n) is 19.5. The zero-order chi connectivity index (χ0) is 25.2. The maximum Gasteiger partial charge on any atom is 0.410 e. The number of nitrogens with zero attached hydrogens (tertiary/aromatic N) is 2. The highest BCUT2D eigenvalue weighted by atomic mass is 16.6. The third-order valence-electron chi connectivity index (χ3n) is 6.58. The molecule has 0 saturated carbocycles. The van der Waals surface area contributed by atoms with Crippen LogP contribution < -0.4 is 4.74 Å². The number of fused-ring (bicyclic) bond motifs is 3. The van der Waals surface area contributed by atoms with Gasteiger partial charge in [-0.15, -0.1) is 0 Å². The van der Waals surface area contributed by atoms with Gasteiger partial charge in [0.25, 0.3) is 0 Å². The smallest absolute Gasteiger partial charge is 0.410 e. The van der Waals surface area contributed by atoms with E-state index in [1.54, 1.807) is 0 Å². The first-order valence-electron chi connectivity index (χ1n) is 11.5.